The maximum absolute atomic E-state index is 12.7. The lowest BCUT2D eigenvalue weighted by Gasteiger charge is -2.34. The fraction of sp³-hybridized carbons (Fsp3) is 0.474. The normalized spacial score (nSPS) is 15.0. The Morgan fingerprint density at radius 2 is 1.86 bits per heavy atom. The van der Waals surface area contributed by atoms with Gasteiger partial charge in [-0.2, -0.15) is 0 Å². The summed E-state index contributed by atoms with van der Waals surface area (Å²) >= 11 is 0. The molecule has 0 bridgehead atoms. The summed E-state index contributed by atoms with van der Waals surface area (Å²) in [5, 5.41) is 16.6. The van der Waals surface area contributed by atoms with Crippen molar-refractivity contribution < 1.29 is 19.4 Å². The van der Waals surface area contributed by atoms with Gasteiger partial charge in [0.15, 0.2) is 0 Å². The zero-order valence-corrected chi connectivity index (χ0v) is 16.0. The summed E-state index contributed by atoms with van der Waals surface area (Å²) in [7, 11) is 1.71. The van der Waals surface area contributed by atoms with Crippen LogP contribution in [0.15, 0.2) is 30.5 Å². The van der Waals surface area contributed by atoms with Gasteiger partial charge in [-0.25, -0.2) is 4.68 Å². The number of rotatable bonds is 8. The molecule has 9 heteroatoms. The van der Waals surface area contributed by atoms with E-state index in [1.54, 1.807) is 37.6 Å². The lowest BCUT2D eigenvalue weighted by atomic mass is 10.1. The number of aliphatic carboxylic acids is 1. The summed E-state index contributed by atoms with van der Waals surface area (Å²) in [5.74, 6) is -0.931. The molecule has 1 N–H and O–H groups in total. The average Bonchev–Trinajstić information content (AvgIpc) is 3.16. The Morgan fingerprint density at radius 1 is 1.14 bits per heavy atom. The van der Waals surface area contributed by atoms with Crippen molar-refractivity contribution in [1.82, 2.24) is 24.8 Å². The third kappa shape index (κ3) is 5.14. The van der Waals surface area contributed by atoms with Crippen molar-refractivity contribution in [3.63, 3.8) is 0 Å². The first kappa shape index (κ1) is 20.0. The van der Waals surface area contributed by atoms with Gasteiger partial charge in [-0.1, -0.05) is 5.21 Å². The molecule has 2 heterocycles. The molecule has 0 radical (unpaired) electrons. The molecule has 0 spiro atoms. The third-order valence-corrected chi connectivity index (χ3v) is 4.73. The highest BCUT2D eigenvalue weighted by molar-refractivity contribution is 5.94. The SMILES string of the molecule is COCCCN1CCN(C(=O)c2ccc(-n3cc(CC(=O)O)nn3)cc2)CC1. The van der Waals surface area contributed by atoms with Crippen molar-refractivity contribution in [2.75, 3.05) is 46.4 Å². The second kappa shape index (κ2) is 9.43. The first-order valence-corrected chi connectivity index (χ1v) is 9.31. The molecule has 3 rings (SSSR count). The molecule has 0 aliphatic carbocycles. The highest BCUT2D eigenvalue weighted by atomic mass is 16.5. The summed E-state index contributed by atoms with van der Waals surface area (Å²) in [6.07, 6.45) is 2.41. The first-order chi connectivity index (χ1) is 13.6. The van der Waals surface area contributed by atoms with Crippen LogP contribution in [0.2, 0.25) is 0 Å². The van der Waals surface area contributed by atoms with Crippen LogP contribution in [-0.2, 0) is 16.0 Å². The van der Waals surface area contributed by atoms with Gasteiger partial charge in [-0.15, -0.1) is 5.10 Å². The maximum atomic E-state index is 12.7. The Labute approximate surface area is 163 Å². The molecule has 2 aromatic rings. The van der Waals surface area contributed by atoms with Gasteiger partial charge >= 0.3 is 5.97 Å². The van der Waals surface area contributed by atoms with Gasteiger partial charge in [-0.3, -0.25) is 14.5 Å². The van der Waals surface area contributed by atoms with E-state index >= 15 is 0 Å². The van der Waals surface area contributed by atoms with Crippen molar-refractivity contribution in [3.05, 3.63) is 41.7 Å². The highest BCUT2D eigenvalue weighted by Gasteiger charge is 2.21. The number of methoxy groups -OCH3 is 1. The quantitative estimate of drug-likeness (QED) is 0.665. The summed E-state index contributed by atoms with van der Waals surface area (Å²) in [5.41, 5.74) is 1.74. The minimum Gasteiger partial charge on any atom is -0.481 e. The molecule has 1 fully saturated rings. The van der Waals surface area contributed by atoms with Gasteiger partial charge < -0.3 is 14.7 Å². The topological polar surface area (TPSA) is 101 Å². The van der Waals surface area contributed by atoms with Gasteiger partial charge in [0, 0.05) is 52.0 Å². The number of carbonyl (C=O) groups is 2. The van der Waals surface area contributed by atoms with Crippen LogP contribution in [0.4, 0.5) is 0 Å². The van der Waals surface area contributed by atoms with E-state index in [1.807, 2.05) is 4.90 Å². The molecule has 1 aliphatic heterocycles. The minimum atomic E-state index is -0.952. The number of carboxylic acids is 1. The summed E-state index contributed by atoms with van der Waals surface area (Å²) in [6, 6.07) is 7.10. The molecule has 150 valence electrons. The minimum absolute atomic E-state index is 0.0215. The Morgan fingerprint density at radius 3 is 2.50 bits per heavy atom. The van der Waals surface area contributed by atoms with Crippen molar-refractivity contribution >= 4 is 11.9 Å². The number of hydrogen-bond donors (Lipinski definition) is 1. The van der Waals surface area contributed by atoms with E-state index in [9.17, 15) is 9.59 Å². The van der Waals surface area contributed by atoms with Crippen LogP contribution in [0.25, 0.3) is 5.69 Å². The smallest absolute Gasteiger partial charge is 0.309 e. The Hall–Kier alpha value is -2.78. The molecule has 1 aromatic carbocycles. The fourth-order valence-electron chi connectivity index (χ4n) is 3.21. The number of benzene rings is 1. The van der Waals surface area contributed by atoms with Crippen molar-refractivity contribution in [2.24, 2.45) is 0 Å². The summed E-state index contributed by atoms with van der Waals surface area (Å²) < 4.78 is 6.59. The number of aromatic nitrogens is 3. The lowest BCUT2D eigenvalue weighted by molar-refractivity contribution is -0.136. The Balaban J connectivity index is 1.55. The second-order valence-electron chi connectivity index (χ2n) is 6.75. The van der Waals surface area contributed by atoms with E-state index in [2.05, 4.69) is 15.2 Å². The van der Waals surface area contributed by atoms with E-state index < -0.39 is 5.97 Å². The van der Waals surface area contributed by atoms with Crippen LogP contribution >= 0.6 is 0 Å². The average molecular weight is 387 g/mol. The zero-order valence-electron chi connectivity index (χ0n) is 16.0. The number of nitrogens with zero attached hydrogens (tertiary/aromatic N) is 5. The number of carboxylic acid groups (broad SMARTS) is 1. The molecule has 0 atom stereocenters. The third-order valence-electron chi connectivity index (χ3n) is 4.73. The number of ether oxygens (including phenoxy) is 1. The Kier molecular flexibility index (Phi) is 6.72. The summed E-state index contributed by atoms with van der Waals surface area (Å²) in [4.78, 5) is 27.7. The van der Waals surface area contributed by atoms with E-state index in [0.717, 1.165) is 51.4 Å². The molecular weight excluding hydrogens is 362 g/mol. The van der Waals surface area contributed by atoms with E-state index in [0.29, 0.717) is 11.3 Å². The zero-order chi connectivity index (χ0) is 19.9. The number of hydrogen-bond acceptors (Lipinski definition) is 6. The molecule has 1 saturated heterocycles. The van der Waals surface area contributed by atoms with E-state index in [-0.39, 0.29) is 12.3 Å². The largest absolute Gasteiger partial charge is 0.481 e. The predicted octanol–water partition coefficient (Wildman–Crippen LogP) is 0.689. The second-order valence-corrected chi connectivity index (χ2v) is 6.75. The van der Waals surface area contributed by atoms with Gasteiger partial charge in [0.2, 0.25) is 0 Å². The first-order valence-electron chi connectivity index (χ1n) is 9.31. The van der Waals surface area contributed by atoms with Gasteiger partial charge in [-0.05, 0) is 30.7 Å². The summed E-state index contributed by atoms with van der Waals surface area (Å²) in [6.45, 7) is 4.93. The van der Waals surface area contributed by atoms with Gasteiger partial charge in [0.1, 0.15) is 0 Å². The van der Waals surface area contributed by atoms with Crippen LogP contribution in [0.5, 0.6) is 0 Å². The van der Waals surface area contributed by atoms with Gasteiger partial charge in [0.05, 0.1) is 24.0 Å². The van der Waals surface area contributed by atoms with Crippen molar-refractivity contribution in [2.45, 2.75) is 12.8 Å². The highest BCUT2D eigenvalue weighted by Crippen LogP contribution is 2.13. The van der Waals surface area contributed by atoms with Crippen LogP contribution in [0, 0.1) is 0 Å². The van der Waals surface area contributed by atoms with Gasteiger partial charge in [0.25, 0.3) is 5.91 Å². The molecule has 1 amide bonds. The lowest BCUT2D eigenvalue weighted by Crippen LogP contribution is -2.48. The van der Waals surface area contributed by atoms with E-state index in [1.165, 1.54) is 4.68 Å². The van der Waals surface area contributed by atoms with Crippen LogP contribution < -0.4 is 0 Å². The van der Waals surface area contributed by atoms with Crippen LogP contribution in [0.3, 0.4) is 0 Å². The Bertz CT molecular complexity index is 797. The predicted molar refractivity (Wildman–Crippen MR) is 102 cm³/mol. The standard InChI is InChI=1S/C19H25N5O4/c1-28-12-2-7-22-8-10-23(11-9-22)19(27)15-3-5-17(6-4-15)24-14-16(20-21-24)13-18(25)26/h3-6,14H,2,7-13H2,1H3,(H,25,26). The molecule has 1 aromatic heterocycles. The molecule has 9 nitrogen and oxygen atoms in total. The monoisotopic (exact) mass is 387 g/mol. The van der Waals surface area contributed by atoms with Crippen LogP contribution in [0.1, 0.15) is 22.5 Å². The number of piperazine rings is 1. The van der Waals surface area contributed by atoms with Crippen LogP contribution in [-0.4, -0.2) is 88.2 Å². The van der Waals surface area contributed by atoms with E-state index in [4.69, 9.17) is 9.84 Å². The molecular formula is C19H25N5O4. The number of amides is 1. The van der Waals surface area contributed by atoms with Crippen molar-refractivity contribution in [1.29, 1.82) is 0 Å². The molecule has 0 unspecified atom stereocenters. The fourth-order valence-corrected chi connectivity index (χ4v) is 3.21. The van der Waals surface area contributed by atoms with Crippen molar-refractivity contribution in [3.8, 4) is 5.69 Å². The molecule has 1 aliphatic rings. The number of carbonyl (C=O) groups excluding carboxylic acids is 1. The molecule has 0 saturated carbocycles. The molecule has 28 heavy (non-hydrogen) atoms. The maximum Gasteiger partial charge on any atom is 0.309 e.